The van der Waals surface area contributed by atoms with Gasteiger partial charge in [-0.3, -0.25) is 8.77 Å². The molecule has 2 heterocycles. The third kappa shape index (κ3) is 7.22. The number of esters is 1. The summed E-state index contributed by atoms with van der Waals surface area (Å²) in [5.41, 5.74) is 4.38. The number of ether oxygens (including phenoxy) is 2. The molecule has 9 nitrogen and oxygen atoms in total. The average molecular weight is 665 g/mol. The molecule has 244 valence electrons. The van der Waals surface area contributed by atoms with Crippen molar-refractivity contribution in [1.29, 1.82) is 0 Å². The zero-order valence-electron chi connectivity index (χ0n) is 26.7. The first-order valence-corrected chi connectivity index (χ1v) is 17.7. The molecule has 2 atom stereocenters. The minimum atomic E-state index is -3.87. The van der Waals surface area contributed by atoms with Gasteiger partial charge in [-0.05, 0) is 82.5 Å². The van der Waals surface area contributed by atoms with Crippen LogP contribution in [0.25, 0.3) is 22.1 Å². The molecule has 0 spiro atoms. The fourth-order valence-electron chi connectivity index (χ4n) is 5.29. The van der Waals surface area contributed by atoms with Crippen LogP contribution in [0.4, 0.5) is 0 Å². The highest BCUT2D eigenvalue weighted by atomic mass is 32.2. The molecule has 0 radical (unpaired) electrons. The van der Waals surface area contributed by atoms with Crippen molar-refractivity contribution in [2.75, 3.05) is 13.2 Å². The second kappa shape index (κ2) is 13.4. The fraction of sp³-hybridized carbons (Fsp3) is 0.343. The molecule has 0 saturated carbocycles. The summed E-state index contributed by atoms with van der Waals surface area (Å²) in [7, 11) is -5.15. The molecule has 11 heteroatoms. The predicted octanol–water partition coefficient (Wildman–Crippen LogP) is 6.46. The third-order valence-electron chi connectivity index (χ3n) is 7.77. The molecule has 0 aliphatic heterocycles. The maximum Gasteiger partial charge on any atom is 0.310 e. The molecular weight excluding hydrogens is 625 g/mol. The Labute approximate surface area is 272 Å². The molecule has 2 aromatic heterocycles. The van der Waals surface area contributed by atoms with Crippen molar-refractivity contribution in [3.63, 3.8) is 0 Å². The number of fused-ring (bicyclic) bond motifs is 1. The molecule has 5 rings (SSSR count). The lowest BCUT2D eigenvalue weighted by Gasteiger charge is -2.29. The molecule has 4 aromatic rings. The minimum absolute atomic E-state index is 0.107. The van der Waals surface area contributed by atoms with Gasteiger partial charge in [0, 0.05) is 41.0 Å². The number of benzene rings is 2. The molecular formula is C35H40N2O7S2. The van der Waals surface area contributed by atoms with E-state index in [-0.39, 0.29) is 19.0 Å². The lowest BCUT2D eigenvalue weighted by molar-refractivity contribution is -0.142. The van der Waals surface area contributed by atoms with E-state index in [1.54, 1.807) is 44.6 Å². The Balaban J connectivity index is 1.39. The second-order valence-corrected chi connectivity index (χ2v) is 16.8. The van der Waals surface area contributed by atoms with E-state index < -0.39 is 30.5 Å². The zero-order chi connectivity index (χ0) is 33.1. The maximum atomic E-state index is 14.0. The van der Waals surface area contributed by atoms with E-state index in [0.29, 0.717) is 36.5 Å². The van der Waals surface area contributed by atoms with E-state index in [9.17, 15) is 17.4 Å². The highest BCUT2D eigenvalue weighted by Gasteiger charge is 2.39. The Bertz CT molecular complexity index is 1930. The van der Waals surface area contributed by atoms with E-state index >= 15 is 0 Å². The van der Waals surface area contributed by atoms with E-state index in [0.717, 1.165) is 27.6 Å². The Hall–Kier alpha value is -3.93. The van der Waals surface area contributed by atoms with Gasteiger partial charge in [-0.2, -0.15) is 0 Å². The van der Waals surface area contributed by atoms with Crippen LogP contribution in [0, 0.1) is 0 Å². The van der Waals surface area contributed by atoms with Crippen molar-refractivity contribution >= 4 is 37.9 Å². The van der Waals surface area contributed by atoms with E-state index in [2.05, 4.69) is 4.72 Å². The number of hydrogen-bond donors (Lipinski definition) is 1. The van der Waals surface area contributed by atoms with Gasteiger partial charge in [0.05, 0.1) is 35.0 Å². The molecule has 1 N–H and O–H groups in total. The van der Waals surface area contributed by atoms with Crippen LogP contribution in [0.1, 0.15) is 52.2 Å². The van der Waals surface area contributed by atoms with Crippen molar-refractivity contribution in [2.24, 2.45) is 0 Å². The zero-order valence-corrected chi connectivity index (χ0v) is 28.4. The number of aromatic nitrogens is 1. The van der Waals surface area contributed by atoms with Crippen LogP contribution in [-0.4, -0.2) is 45.2 Å². The fourth-order valence-corrected chi connectivity index (χ4v) is 7.58. The summed E-state index contributed by atoms with van der Waals surface area (Å²) in [5.74, 6) is 0.266. The number of hydrogen-bond acceptors (Lipinski definition) is 7. The molecule has 0 saturated heterocycles. The van der Waals surface area contributed by atoms with Gasteiger partial charge in [-0.15, -0.1) is 0 Å². The molecule has 1 aliphatic carbocycles. The van der Waals surface area contributed by atoms with Gasteiger partial charge in [0.15, 0.2) is 0 Å². The van der Waals surface area contributed by atoms with Crippen LogP contribution in [0.2, 0.25) is 0 Å². The number of carbonyl (C=O) groups excluding carboxylic acids is 1. The van der Waals surface area contributed by atoms with Crippen molar-refractivity contribution in [2.45, 2.75) is 63.6 Å². The summed E-state index contributed by atoms with van der Waals surface area (Å²) < 4.78 is 60.3. The molecule has 1 aliphatic rings. The average Bonchev–Trinajstić information content (AvgIpc) is 3.69. The van der Waals surface area contributed by atoms with Crippen LogP contribution in [-0.2, 0) is 43.6 Å². The molecule has 46 heavy (non-hydrogen) atoms. The van der Waals surface area contributed by atoms with Crippen LogP contribution >= 0.6 is 0 Å². The van der Waals surface area contributed by atoms with Gasteiger partial charge in [-0.25, -0.2) is 17.3 Å². The minimum Gasteiger partial charge on any atom is -0.489 e. The summed E-state index contributed by atoms with van der Waals surface area (Å²) in [6, 6.07) is 14.9. The van der Waals surface area contributed by atoms with Gasteiger partial charge in [0.1, 0.15) is 22.7 Å². The SMILES string of the molecule is CCOC(=O)Cc1ccccc1OCc1cc(-c2ccn(S(=O)(=O)C3(C)C=C(CNS(=O)C(C)(C)C)C=CC3)c2)c2occc2c1. The molecule has 0 amide bonds. The topological polar surface area (TPSA) is 117 Å². The number of rotatable bonds is 12. The highest BCUT2D eigenvalue weighted by Crippen LogP contribution is 2.35. The smallest absolute Gasteiger partial charge is 0.310 e. The van der Waals surface area contributed by atoms with E-state index in [4.69, 9.17) is 13.9 Å². The van der Waals surface area contributed by atoms with Crippen LogP contribution in [0.3, 0.4) is 0 Å². The number of para-hydroxylation sites is 1. The monoisotopic (exact) mass is 664 g/mol. The van der Waals surface area contributed by atoms with Crippen LogP contribution < -0.4 is 9.46 Å². The molecule has 0 fully saturated rings. The van der Waals surface area contributed by atoms with Crippen LogP contribution in [0.5, 0.6) is 5.75 Å². The number of nitrogens with zero attached hydrogens (tertiary/aromatic N) is 1. The summed E-state index contributed by atoms with van der Waals surface area (Å²) >= 11 is 0. The quantitative estimate of drug-likeness (QED) is 0.173. The Morgan fingerprint density at radius 3 is 2.70 bits per heavy atom. The number of furan rings is 1. The first-order chi connectivity index (χ1) is 21.8. The first-order valence-electron chi connectivity index (χ1n) is 15.1. The standard InChI is InChI=1S/C35H40N2O7S2/c1-6-42-32(38)20-27-11-7-8-12-31(27)44-24-26-18-28-14-17-43-33(28)30(19-26)29-13-16-37(23-29)46(40,41)35(5)15-9-10-25(21-35)22-36-45(39)34(2,3)4/h7-14,16-19,21,23,36H,6,15,20,22,24H2,1-5H3. The molecule has 2 unspecified atom stereocenters. The van der Waals surface area contributed by atoms with E-state index in [1.165, 1.54) is 3.97 Å². The lowest BCUT2D eigenvalue weighted by Crippen LogP contribution is -2.39. The highest BCUT2D eigenvalue weighted by molar-refractivity contribution is 7.91. The van der Waals surface area contributed by atoms with E-state index in [1.807, 2.05) is 75.4 Å². The Morgan fingerprint density at radius 2 is 1.93 bits per heavy atom. The van der Waals surface area contributed by atoms with Gasteiger partial charge in [0.2, 0.25) is 10.0 Å². The van der Waals surface area contributed by atoms with Crippen molar-refractivity contribution in [3.8, 4) is 16.9 Å². The van der Waals surface area contributed by atoms with Gasteiger partial charge < -0.3 is 13.9 Å². The second-order valence-electron chi connectivity index (χ2n) is 12.4. The number of allylic oxidation sites excluding steroid dienone is 1. The van der Waals surface area contributed by atoms with Crippen molar-refractivity contribution in [1.82, 2.24) is 8.69 Å². The summed E-state index contributed by atoms with van der Waals surface area (Å²) in [6.07, 6.45) is 10.6. The molecule has 2 aromatic carbocycles. The van der Waals surface area contributed by atoms with Gasteiger partial charge in [-0.1, -0.05) is 36.4 Å². The third-order valence-corrected chi connectivity index (χ3v) is 11.5. The van der Waals surface area contributed by atoms with Crippen molar-refractivity contribution in [3.05, 3.63) is 102 Å². The van der Waals surface area contributed by atoms with Crippen LogP contribution in [0.15, 0.2) is 95.4 Å². The Kier molecular flexibility index (Phi) is 9.76. The van der Waals surface area contributed by atoms with Gasteiger partial charge >= 0.3 is 5.97 Å². The number of carbonyl (C=O) groups is 1. The summed E-state index contributed by atoms with van der Waals surface area (Å²) in [6.45, 7) is 9.94. The summed E-state index contributed by atoms with van der Waals surface area (Å²) in [4.78, 5) is 12.1. The predicted molar refractivity (Wildman–Crippen MR) is 181 cm³/mol. The van der Waals surface area contributed by atoms with Crippen molar-refractivity contribution < 1.29 is 31.3 Å². The largest absolute Gasteiger partial charge is 0.489 e. The van der Waals surface area contributed by atoms with Gasteiger partial charge in [0.25, 0.3) is 0 Å². The lowest BCUT2D eigenvalue weighted by atomic mass is 9.97. The molecule has 0 bridgehead atoms. The normalized spacial score (nSPS) is 17.5. The summed E-state index contributed by atoms with van der Waals surface area (Å²) in [5, 5.41) is 0.851. The Morgan fingerprint density at radius 1 is 1.15 bits per heavy atom. The maximum absolute atomic E-state index is 14.0. The number of nitrogens with one attached hydrogen (secondary N) is 1. The first kappa shape index (κ1) is 33.4.